The lowest BCUT2D eigenvalue weighted by Crippen LogP contribution is -2.36. The van der Waals surface area contributed by atoms with Crippen molar-refractivity contribution < 1.29 is 9.90 Å². The quantitative estimate of drug-likeness (QED) is 0.792. The molecule has 1 aromatic rings. The van der Waals surface area contributed by atoms with Gasteiger partial charge in [-0.2, -0.15) is 0 Å². The van der Waals surface area contributed by atoms with Gasteiger partial charge in [-0.25, -0.2) is 4.98 Å². The maximum atomic E-state index is 12.4. The Balaban J connectivity index is 2.20. The summed E-state index contributed by atoms with van der Waals surface area (Å²) in [5.41, 5.74) is 0.583. The number of rotatable bonds is 6. The molecule has 0 bridgehead atoms. The predicted octanol–water partition coefficient (Wildman–Crippen LogP) is 1.11. The fourth-order valence-electron chi connectivity index (χ4n) is 1.98. The smallest absolute Gasteiger partial charge is 0.257 e. The summed E-state index contributed by atoms with van der Waals surface area (Å²) in [4.78, 5) is 18.4. The largest absolute Gasteiger partial charge is 0.395 e. The second-order valence-electron chi connectivity index (χ2n) is 4.38. The Kier molecular flexibility index (Phi) is 4.15. The number of aliphatic hydroxyl groups is 1. The maximum Gasteiger partial charge on any atom is 0.257 e. The van der Waals surface area contributed by atoms with E-state index < -0.39 is 0 Å². The van der Waals surface area contributed by atoms with Crippen molar-refractivity contribution in [2.24, 2.45) is 0 Å². The van der Waals surface area contributed by atoms with Crippen molar-refractivity contribution in [3.05, 3.63) is 23.9 Å². The number of hydrogen-bond donors (Lipinski definition) is 2. The molecule has 1 heterocycles. The van der Waals surface area contributed by atoms with Gasteiger partial charge in [0.05, 0.1) is 12.2 Å². The first-order valence-corrected chi connectivity index (χ1v) is 6.38. The van der Waals surface area contributed by atoms with E-state index in [0.717, 1.165) is 19.4 Å². The van der Waals surface area contributed by atoms with E-state index in [9.17, 15) is 4.79 Å². The van der Waals surface area contributed by atoms with E-state index in [1.54, 1.807) is 23.2 Å². The van der Waals surface area contributed by atoms with E-state index in [4.69, 9.17) is 5.11 Å². The number of anilines is 1. The molecule has 1 aliphatic carbocycles. The molecule has 5 heteroatoms. The minimum Gasteiger partial charge on any atom is -0.395 e. The SMILES string of the molecule is CCNc1ncccc1C(=O)N(CCO)C1CC1. The molecule has 0 saturated heterocycles. The highest BCUT2D eigenvalue weighted by Gasteiger charge is 2.33. The van der Waals surface area contributed by atoms with Crippen LogP contribution in [-0.4, -0.2) is 46.6 Å². The van der Waals surface area contributed by atoms with Crippen LogP contribution in [0.1, 0.15) is 30.1 Å². The number of amides is 1. The molecule has 0 unspecified atom stereocenters. The van der Waals surface area contributed by atoms with E-state index >= 15 is 0 Å². The van der Waals surface area contributed by atoms with Gasteiger partial charge in [0.15, 0.2) is 0 Å². The summed E-state index contributed by atoms with van der Waals surface area (Å²) < 4.78 is 0. The average molecular weight is 249 g/mol. The highest BCUT2D eigenvalue weighted by molar-refractivity contribution is 5.99. The van der Waals surface area contributed by atoms with Crippen LogP contribution < -0.4 is 5.32 Å². The molecular formula is C13H19N3O2. The van der Waals surface area contributed by atoms with Gasteiger partial charge in [-0.05, 0) is 31.9 Å². The summed E-state index contributed by atoms with van der Waals surface area (Å²) >= 11 is 0. The van der Waals surface area contributed by atoms with E-state index in [1.807, 2.05) is 6.92 Å². The van der Waals surface area contributed by atoms with Crippen molar-refractivity contribution in [2.75, 3.05) is 25.0 Å². The highest BCUT2D eigenvalue weighted by atomic mass is 16.3. The molecule has 0 aliphatic heterocycles. The average Bonchev–Trinajstić information content (AvgIpc) is 3.20. The molecule has 1 fully saturated rings. The lowest BCUT2D eigenvalue weighted by Gasteiger charge is -2.22. The fraction of sp³-hybridized carbons (Fsp3) is 0.538. The van der Waals surface area contributed by atoms with Gasteiger partial charge in [0.1, 0.15) is 5.82 Å². The molecule has 1 saturated carbocycles. The van der Waals surface area contributed by atoms with Crippen molar-refractivity contribution in [3.63, 3.8) is 0 Å². The fourth-order valence-corrected chi connectivity index (χ4v) is 1.98. The van der Waals surface area contributed by atoms with Crippen molar-refractivity contribution in [1.29, 1.82) is 0 Å². The second-order valence-corrected chi connectivity index (χ2v) is 4.38. The van der Waals surface area contributed by atoms with Crippen molar-refractivity contribution >= 4 is 11.7 Å². The third kappa shape index (κ3) is 2.79. The summed E-state index contributed by atoms with van der Waals surface area (Å²) in [5.74, 6) is 0.573. The van der Waals surface area contributed by atoms with Gasteiger partial charge in [-0.1, -0.05) is 0 Å². The van der Waals surface area contributed by atoms with Crippen molar-refractivity contribution in [2.45, 2.75) is 25.8 Å². The Bertz CT molecular complexity index is 418. The number of pyridine rings is 1. The lowest BCUT2D eigenvalue weighted by molar-refractivity contribution is 0.0708. The molecule has 18 heavy (non-hydrogen) atoms. The van der Waals surface area contributed by atoms with Crippen LogP contribution >= 0.6 is 0 Å². The van der Waals surface area contributed by atoms with E-state index in [-0.39, 0.29) is 12.5 Å². The topological polar surface area (TPSA) is 65.5 Å². The van der Waals surface area contributed by atoms with Crippen LogP contribution in [0.5, 0.6) is 0 Å². The number of aliphatic hydroxyl groups excluding tert-OH is 1. The number of carbonyl (C=O) groups is 1. The number of carbonyl (C=O) groups excluding carboxylic acids is 1. The van der Waals surface area contributed by atoms with Crippen LogP contribution in [0.15, 0.2) is 18.3 Å². The van der Waals surface area contributed by atoms with Crippen LogP contribution in [0.3, 0.4) is 0 Å². The second kappa shape index (κ2) is 5.82. The normalized spacial score (nSPS) is 14.3. The highest BCUT2D eigenvalue weighted by Crippen LogP contribution is 2.28. The number of aromatic nitrogens is 1. The Morgan fingerprint density at radius 3 is 3.00 bits per heavy atom. The monoisotopic (exact) mass is 249 g/mol. The summed E-state index contributed by atoms with van der Waals surface area (Å²) in [6.45, 7) is 3.08. The van der Waals surface area contributed by atoms with Crippen LogP contribution in [0.4, 0.5) is 5.82 Å². The van der Waals surface area contributed by atoms with Gasteiger partial charge in [0.25, 0.3) is 5.91 Å². The first-order valence-electron chi connectivity index (χ1n) is 6.38. The number of hydrogen-bond acceptors (Lipinski definition) is 4. The summed E-state index contributed by atoms with van der Waals surface area (Å²) in [6, 6.07) is 3.83. The molecule has 1 amide bonds. The van der Waals surface area contributed by atoms with Crippen molar-refractivity contribution in [3.8, 4) is 0 Å². The molecule has 1 aromatic heterocycles. The molecule has 2 rings (SSSR count). The summed E-state index contributed by atoms with van der Waals surface area (Å²) in [7, 11) is 0. The third-order valence-electron chi connectivity index (χ3n) is 2.97. The van der Waals surface area contributed by atoms with Gasteiger partial charge in [0.2, 0.25) is 0 Å². The van der Waals surface area contributed by atoms with Gasteiger partial charge in [-0.15, -0.1) is 0 Å². The third-order valence-corrected chi connectivity index (χ3v) is 2.97. The lowest BCUT2D eigenvalue weighted by atomic mass is 10.2. The zero-order valence-electron chi connectivity index (χ0n) is 10.6. The maximum absolute atomic E-state index is 12.4. The number of nitrogens with zero attached hydrogens (tertiary/aromatic N) is 2. The minimum atomic E-state index is -0.0457. The molecule has 1 aliphatic rings. The molecule has 5 nitrogen and oxygen atoms in total. The Morgan fingerprint density at radius 1 is 1.61 bits per heavy atom. The van der Waals surface area contributed by atoms with Gasteiger partial charge >= 0.3 is 0 Å². The predicted molar refractivity (Wildman–Crippen MR) is 69.5 cm³/mol. The van der Waals surface area contributed by atoms with Crippen LogP contribution in [-0.2, 0) is 0 Å². The molecule has 2 N–H and O–H groups in total. The first kappa shape index (κ1) is 12.8. The van der Waals surface area contributed by atoms with Crippen molar-refractivity contribution in [1.82, 2.24) is 9.88 Å². The molecule has 0 aromatic carbocycles. The summed E-state index contributed by atoms with van der Waals surface area (Å²) in [6.07, 6.45) is 3.73. The van der Waals surface area contributed by atoms with Crippen LogP contribution in [0.2, 0.25) is 0 Å². The number of nitrogens with one attached hydrogen (secondary N) is 1. The van der Waals surface area contributed by atoms with E-state index in [0.29, 0.717) is 24.0 Å². The molecule has 0 atom stereocenters. The van der Waals surface area contributed by atoms with E-state index in [1.165, 1.54) is 0 Å². The Hall–Kier alpha value is -1.62. The van der Waals surface area contributed by atoms with Gasteiger partial charge < -0.3 is 15.3 Å². The van der Waals surface area contributed by atoms with Gasteiger partial charge in [-0.3, -0.25) is 4.79 Å². The Morgan fingerprint density at radius 2 is 2.39 bits per heavy atom. The molecule has 0 radical (unpaired) electrons. The van der Waals surface area contributed by atoms with Gasteiger partial charge in [0, 0.05) is 25.3 Å². The zero-order chi connectivity index (χ0) is 13.0. The minimum absolute atomic E-state index is 0.000951. The first-order chi connectivity index (χ1) is 8.77. The molecule has 0 spiro atoms. The zero-order valence-corrected chi connectivity index (χ0v) is 10.6. The van der Waals surface area contributed by atoms with Crippen LogP contribution in [0.25, 0.3) is 0 Å². The summed E-state index contributed by atoms with van der Waals surface area (Å²) in [5, 5.41) is 12.1. The van der Waals surface area contributed by atoms with Crippen LogP contribution in [0, 0.1) is 0 Å². The van der Waals surface area contributed by atoms with E-state index in [2.05, 4.69) is 10.3 Å². The molecule has 98 valence electrons. The molecular weight excluding hydrogens is 230 g/mol. The Labute approximate surface area is 107 Å². The standard InChI is InChI=1S/C13H19N3O2/c1-2-14-12-11(4-3-7-15-12)13(18)16(8-9-17)10-5-6-10/h3-4,7,10,17H,2,5-6,8-9H2,1H3,(H,14,15).